The molecule has 2 aromatic heterocycles. The van der Waals surface area contributed by atoms with Crippen LogP contribution in [0.1, 0.15) is 110 Å². The predicted octanol–water partition coefficient (Wildman–Crippen LogP) is 7.90. The molecule has 3 saturated heterocycles. The quantitative estimate of drug-likeness (QED) is 0.236. The molecule has 15 heteroatoms. The number of anilines is 2. The van der Waals surface area contributed by atoms with Gasteiger partial charge in [-0.15, -0.1) is 0 Å². The second kappa shape index (κ2) is 14.8. The Morgan fingerprint density at radius 2 is 1.70 bits per heavy atom. The van der Waals surface area contributed by atoms with E-state index in [1.807, 2.05) is 73.3 Å². The van der Waals surface area contributed by atoms with Crippen LogP contribution in [0.4, 0.5) is 25.5 Å². The maximum atomic E-state index is 17.7. The van der Waals surface area contributed by atoms with Crippen LogP contribution in [0.5, 0.6) is 11.9 Å². The van der Waals surface area contributed by atoms with Gasteiger partial charge in [-0.05, 0) is 130 Å². The van der Waals surface area contributed by atoms with Crippen molar-refractivity contribution in [1.82, 2.24) is 24.8 Å². The normalized spacial score (nSPS) is 24.7. The molecule has 0 spiro atoms. The van der Waals surface area contributed by atoms with E-state index in [0.717, 1.165) is 82.5 Å². The molecule has 60 heavy (non-hydrogen) atoms. The number of pyridine rings is 1. The van der Waals surface area contributed by atoms with Gasteiger partial charge in [0.2, 0.25) is 5.88 Å². The van der Waals surface area contributed by atoms with Gasteiger partial charge in [-0.3, -0.25) is 15.1 Å². The summed E-state index contributed by atoms with van der Waals surface area (Å²) in [5, 5.41) is 3.40. The largest absolute Gasteiger partial charge is 0.472 e. The average Bonchev–Trinajstić information content (AvgIpc) is 4.11. The standard InChI is InChI=1S/C45H60FN7O7/c1-24-20-29(25(2)34(31(24)27-10-11-27)49-41(54)59-43(4,5)6)35-33(46)36-32-38(50-40(48-36)57-23-45(14-15-45)22-51-16-18-56-19-17-51)52-21-28-12-13-30(37(52)26(3)58-39(32)47-35)53(28)42(55)60-44(7,8)9/h20,26-28,30,37H,10-19,21-23H2,1-9H3,(H,49,54)/t26-,28+,30-,37?/m0/s1. The van der Waals surface area contributed by atoms with Crippen molar-refractivity contribution in [3.63, 3.8) is 0 Å². The van der Waals surface area contributed by atoms with E-state index in [9.17, 15) is 9.59 Å². The van der Waals surface area contributed by atoms with Gasteiger partial charge in [-0.25, -0.2) is 19.0 Å². The molecule has 4 aliphatic heterocycles. The fourth-order valence-corrected chi connectivity index (χ4v) is 9.88. The lowest BCUT2D eigenvalue weighted by Crippen LogP contribution is -2.65. The number of hydrogen-bond donors (Lipinski definition) is 1. The zero-order chi connectivity index (χ0) is 42.5. The number of ether oxygens (including phenoxy) is 5. The summed E-state index contributed by atoms with van der Waals surface area (Å²) in [6, 6.07) is 1.32. The Kier molecular flexibility index (Phi) is 10.1. The smallest absolute Gasteiger partial charge is 0.412 e. The van der Waals surface area contributed by atoms with Crippen LogP contribution in [0, 0.1) is 25.1 Å². The minimum absolute atomic E-state index is 0.0370. The number of carbonyl (C=O) groups is 2. The Labute approximate surface area is 351 Å². The zero-order valence-electron chi connectivity index (χ0n) is 36.6. The molecule has 2 aliphatic carbocycles. The van der Waals surface area contributed by atoms with Crippen LogP contribution < -0.4 is 19.7 Å². The van der Waals surface area contributed by atoms with Crippen LogP contribution in [0.25, 0.3) is 22.2 Å². The van der Waals surface area contributed by atoms with Gasteiger partial charge in [-0.2, -0.15) is 9.97 Å². The van der Waals surface area contributed by atoms with Crippen molar-refractivity contribution in [2.24, 2.45) is 5.41 Å². The number of halogens is 1. The molecule has 0 radical (unpaired) electrons. The van der Waals surface area contributed by atoms with Gasteiger partial charge in [0, 0.05) is 37.2 Å². The minimum Gasteiger partial charge on any atom is -0.472 e. The van der Waals surface area contributed by atoms with Crippen molar-refractivity contribution < 1.29 is 37.7 Å². The van der Waals surface area contributed by atoms with Gasteiger partial charge >= 0.3 is 18.2 Å². The molecular weight excluding hydrogens is 770 g/mol. The number of piperazine rings is 1. The third kappa shape index (κ3) is 7.80. The molecule has 1 aromatic carbocycles. The summed E-state index contributed by atoms with van der Waals surface area (Å²) in [6.07, 6.45) is 4.18. The molecular formula is C45H60FN7O7. The molecule has 14 nitrogen and oxygen atoms in total. The molecule has 6 aliphatic rings. The summed E-state index contributed by atoms with van der Waals surface area (Å²) >= 11 is 0. The summed E-state index contributed by atoms with van der Waals surface area (Å²) in [4.78, 5) is 48.4. The first-order chi connectivity index (χ1) is 28.4. The highest BCUT2D eigenvalue weighted by Gasteiger charge is 2.54. The molecule has 2 amide bonds. The first-order valence-electron chi connectivity index (χ1n) is 21.8. The van der Waals surface area contributed by atoms with Gasteiger partial charge in [0.1, 0.15) is 39.7 Å². The lowest BCUT2D eigenvalue weighted by atomic mass is 9.92. The first kappa shape index (κ1) is 40.9. The highest BCUT2D eigenvalue weighted by Crippen LogP contribution is 2.51. The molecule has 324 valence electrons. The van der Waals surface area contributed by atoms with E-state index in [2.05, 4.69) is 15.1 Å². The van der Waals surface area contributed by atoms with E-state index >= 15 is 4.39 Å². The SMILES string of the molecule is Cc1cc(-c2nc3c4c(nc(OCC5(CN6CCOCC6)CC5)nc4c2F)N2C[C@H]4CC[C@@H](C2[C@H](C)O3)N4C(=O)OC(C)(C)C)c(C)c(NC(=O)OC(C)(C)C)c1C1CC1. The molecule has 5 fully saturated rings. The van der Waals surface area contributed by atoms with Crippen molar-refractivity contribution in [2.45, 2.75) is 142 Å². The second-order valence-electron chi connectivity index (χ2n) is 20.0. The monoisotopic (exact) mass is 829 g/mol. The summed E-state index contributed by atoms with van der Waals surface area (Å²) in [5.41, 5.74) is 2.44. The van der Waals surface area contributed by atoms with E-state index in [1.165, 1.54) is 0 Å². The Morgan fingerprint density at radius 3 is 2.37 bits per heavy atom. The molecule has 6 heterocycles. The Bertz CT molecular complexity index is 2210. The van der Waals surface area contributed by atoms with E-state index < -0.39 is 29.2 Å². The maximum Gasteiger partial charge on any atom is 0.412 e. The highest BCUT2D eigenvalue weighted by molar-refractivity contribution is 5.98. The molecule has 4 atom stereocenters. The van der Waals surface area contributed by atoms with E-state index in [1.54, 1.807) is 0 Å². The number of morpholine rings is 1. The molecule has 1 unspecified atom stereocenters. The minimum atomic E-state index is -0.707. The van der Waals surface area contributed by atoms with E-state index in [-0.39, 0.29) is 58.7 Å². The Hall–Kier alpha value is -4.50. The number of nitrogens with one attached hydrogen (secondary N) is 1. The fraction of sp³-hybridized carbons (Fsp3) is 0.667. The highest BCUT2D eigenvalue weighted by atomic mass is 19.1. The topological polar surface area (TPSA) is 141 Å². The van der Waals surface area contributed by atoms with Crippen LogP contribution in [-0.2, 0) is 14.2 Å². The number of benzene rings is 1. The predicted molar refractivity (Wildman–Crippen MR) is 225 cm³/mol. The molecule has 1 N–H and O–H groups in total. The van der Waals surface area contributed by atoms with E-state index in [4.69, 9.17) is 38.6 Å². The van der Waals surface area contributed by atoms with E-state index in [0.29, 0.717) is 41.2 Å². The van der Waals surface area contributed by atoms with Crippen molar-refractivity contribution in [3.05, 3.63) is 28.6 Å². The number of hydrogen-bond acceptors (Lipinski definition) is 12. The number of carbonyl (C=O) groups excluding carboxylic acids is 2. The second-order valence-corrected chi connectivity index (χ2v) is 20.0. The van der Waals surface area contributed by atoms with Gasteiger partial charge in [0.05, 0.1) is 43.6 Å². The van der Waals surface area contributed by atoms with Crippen LogP contribution >= 0.6 is 0 Å². The van der Waals surface area contributed by atoms with Gasteiger partial charge in [0.25, 0.3) is 0 Å². The van der Waals surface area contributed by atoms with Crippen molar-refractivity contribution in [1.29, 1.82) is 0 Å². The molecule has 2 saturated carbocycles. The average molecular weight is 830 g/mol. The number of nitrogens with zero attached hydrogens (tertiary/aromatic N) is 6. The molecule has 3 aromatic rings. The van der Waals surface area contributed by atoms with Gasteiger partial charge in [0.15, 0.2) is 5.82 Å². The number of aromatic nitrogens is 3. The number of rotatable bonds is 8. The molecule has 2 bridgehead atoms. The summed E-state index contributed by atoms with van der Waals surface area (Å²) < 4.78 is 48.3. The third-order valence-corrected chi connectivity index (χ3v) is 12.9. The molecule has 9 rings (SSSR count). The van der Waals surface area contributed by atoms with Crippen LogP contribution in [0.3, 0.4) is 0 Å². The lowest BCUT2D eigenvalue weighted by molar-refractivity contribution is 0.000917. The lowest BCUT2D eigenvalue weighted by Gasteiger charge is -2.48. The van der Waals surface area contributed by atoms with Gasteiger partial charge < -0.3 is 28.6 Å². The third-order valence-electron chi connectivity index (χ3n) is 12.9. The number of aryl methyl sites for hydroxylation is 1. The van der Waals surface area contributed by atoms with Gasteiger partial charge in [-0.1, -0.05) is 0 Å². The summed E-state index contributed by atoms with van der Waals surface area (Å²) in [7, 11) is 0. The van der Waals surface area contributed by atoms with Crippen LogP contribution in [-0.4, -0.2) is 118 Å². The summed E-state index contributed by atoms with van der Waals surface area (Å²) in [5.74, 6) is 0.347. The fourth-order valence-electron chi connectivity index (χ4n) is 9.88. The van der Waals surface area contributed by atoms with Crippen molar-refractivity contribution in [2.75, 3.05) is 56.2 Å². The van der Waals surface area contributed by atoms with Crippen molar-refractivity contribution in [3.8, 4) is 23.1 Å². The first-order valence-corrected chi connectivity index (χ1v) is 21.8. The Balaban J connectivity index is 1.15. The number of amides is 2. The summed E-state index contributed by atoms with van der Waals surface area (Å²) in [6.45, 7) is 21.9. The Morgan fingerprint density at radius 1 is 0.983 bits per heavy atom. The number of fused-ring (bicyclic) bond motifs is 5. The zero-order valence-corrected chi connectivity index (χ0v) is 36.6. The van der Waals surface area contributed by atoms with Crippen LogP contribution in [0.15, 0.2) is 6.07 Å². The van der Waals surface area contributed by atoms with Crippen molar-refractivity contribution >= 4 is 34.6 Å². The maximum absolute atomic E-state index is 17.7. The van der Waals surface area contributed by atoms with Crippen LogP contribution in [0.2, 0.25) is 0 Å².